The van der Waals surface area contributed by atoms with Gasteiger partial charge in [-0.3, -0.25) is 39.2 Å². The van der Waals surface area contributed by atoms with Crippen molar-refractivity contribution in [2.45, 2.75) is 56.9 Å². The summed E-state index contributed by atoms with van der Waals surface area (Å²) >= 11 is 1.62. The van der Waals surface area contributed by atoms with Crippen molar-refractivity contribution >= 4 is 62.5 Å². The third-order valence-corrected chi connectivity index (χ3v) is 11.4. The van der Waals surface area contributed by atoms with Crippen molar-refractivity contribution in [3.8, 4) is 5.75 Å². The van der Waals surface area contributed by atoms with Crippen LogP contribution >= 0.6 is 11.3 Å². The number of imide groups is 2. The highest BCUT2D eigenvalue weighted by Gasteiger charge is 2.45. The van der Waals surface area contributed by atoms with E-state index in [-0.39, 0.29) is 29.5 Å². The summed E-state index contributed by atoms with van der Waals surface area (Å²) in [5.41, 5.74) is 2.50. The number of methoxy groups -OCH3 is 1. The van der Waals surface area contributed by atoms with E-state index in [9.17, 15) is 28.4 Å². The molecule has 0 bridgehead atoms. The molecular weight excluding hydrogens is 702 g/mol. The second-order valence-electron chi connectivity index (χ2n) is 13.9. The van der Waals surface area contributed by atoms with E-state index in [0.29, 0.717) is 35.5 Å². The van der Waals surface area contributed by atoms with Crippen LogP contribution in [0.3, 0.4) is 0 Å². The minimum absolute atomic E-state index is 0.0770. The number of rotatable bonds is 12. The van der Waals surface area contributed by atoms with E-state index in [1.165, 1.54) is 13.3 Å². The Labute approximate surface area is 309 Å². The number of pyridine rings is 1. The molecule has 276 valence electrons. The Morgan fingerprint density at radius 2 is 1.87 bits per heavy atom. The quantitative estimate of drug-likeness (QED) is 0.130. The van der Waals surface area contributed by atoms with Crippen molar-refractivity contribution in [1.82, 2.24) is 25.1 Å². The second-order valence-corrected chi connectivity index (χ2v) is 14.9. The van der Waals surface area contributed by atoms with E-state index >= 15 is 0 Å². The summed E-state index contributed by atoms with van der Waals surface area (Å²) in [5.74, 6) is -1.73. The third kappa shape index (κ3) is 7.62. The van der Waals surface area contributed by atoms with Gasteiger partial charge in [-0.2, -0.15) is 0 Å². The number of carbonyl (C=O) groups is 5. The molecule has 1 aliphatic carbocycles. The van der Waals surface area contributed by atoms with Crippen molar-refractivity contribution in [1.29, 1.82) is 0 Å². The van der Waals surface area contributed by atoms with Crippen LogP contribution in [0.15, 0.2) is 48.8 Å². The Morgan fingerprint density at radius 3 is 2.62 bits per heavy atom. The number of halogens is 1. The topological polar surface area (TPSA) is 163 Å². The van der Waals surface area contributed by atoms with E-state index in [4.69, 9.17) is 9.72 Å². The number of nitrogens with zero attached hydrogens (tertiary/aromatic N) is 4. The van der Waals surface area contributed by atoms with E-state index in [1.807, 2.05) is 12.1 Å². The van der Waals surface area contributed by atoms with Gasteiger partial charge in [-0.05, 0) is 82.3 Å². The number of amides is 5. The average molecular weight is 742 g/mol. The van der Waals surface area contributed by atoms with E-state index in [0.717, 1.165) is 77.6 Å². The molecule has 1 unspecified atom stereocenters. The highest BCUT2D eigenvalue weighted by molar-refractivity contribution is 7.18. The molecule has 15 heteroatoms. The molecule has 1 saturated heterocycles. The Bertz CT molecular complexity index is 2100. The number of ether oxygens (including phenoxy) is 1. The average Bonchev–Trinajstić information content (AvgIpc) is 3.67. The molecule has 2 aromatic heterocycles. The van der Waals surface area contributed by atoms with Crippen LogP contribution in [-0.2, 0) is 9.59 Å². The van der Waals surface area contributed by atoms with Gasteiger partial charge in [0, 0.05) is 43.4 Å². The number of aromatic nitrogens is 2. The molecule has 0 radical (unpaired) electrons. The van der Waals surface area contributed by atoms with Crippen LogP contribution in [0.25, 0.3) is 10.2 Å². The highest BCUT2D eigenvalue weighted by atomic mass is 32.1. The fourth-order valence-corrected chi connectivity index (χ4v) is 8.66. The molecule has 53 heavy (non-hydrogen) atoms. The first-order chi connectivity index (χ1) is 25.6. The molecule has 0 spiro atoms. The Kier molecular flexibility index (Phi) is 10.5. The largest absolute Gasteiger partial charge is 0.494 e. The minimum atomic E-state index is -0.996. The lowest BCUT2D eigenvalue weighted by Crippen LogP contribution is -2.54. The molecule has 3 N–H and O–H groups in total. The van der Waals surface area contributed by atoms with Gasteiger partial charge in [0.2, 0.25) is 11.8 Å². The minimum Gasteiger partial charge on any atom is -0.494 e. The van der Waals surface area contributed by atoms with Crippen LogP contribution in [0, 0.1) is 11.7 Å². The number of fused-ring (bicyclic) bond motifs is 2. The summed E-state index contributed by atoms with van der Waals surface area (Å²) in [4.78, 5) is 75.3. The molecule has 3 aliphatic rings. The zero-order valence-electron chi connectivity index (χ0n) is 29.4. The van der Waals surface area contributed by atoms with Crippen LogP contribution in [0.1, 0.15) is 86.9 Å². The lowest BCUT2D eigenvalue weighted by Gasteiger charge is -2.30. The van der Waals surface area contributed by atoms with Gasteiger partial charge in [-0.25, -0.2) is 9.37 Å². The zero-order valence-corrected chi connectivity index (χ0v) is 30.3. The van der Waals surface area contributed by atoms with Crippen molar-refractivity contribution in [3.63, 3.8) is 0 Å². The lowest BCUT2D eigenvalue weighted by molar-refractivity contribution is -0.136. The Morgan fingerprint density at radius 1 is 1.06 bits per heavy atom. The van der Waals surface area contributed by atoms with Gasteiger partial charge in [-0.1, -0.05) is 6.07 Å². The number of piperidine rings is 1. The molecule has 5 amide bonds. The maximum absolute atomic E-state index is 13.6. The maximum atomic E-state index is 13.6. The number of benzene rings is 2. The summed E-state index contributed by atoms with van der Waals surface area (Å²) in [5, 5.41) is 9.45. The molecule has 4 heterocycles. The molecule has 7 rings (SSSR count). The fourth-order valence-electron chi connectivity index (χ4n) is 7.50. The Balaban J connectivity index is 0.883. The summed E-state index contributed by atoms with van der Waals surface area (Å²) in [6.07, 6.45) is 7.63. The van der Waals surface area contributed by atoms with Crippen LogP contribution in [0.5, 0.6) is 5.75 Å². The van der Waals surface area contributed by atoms with Gasteiger partial charge in [-0.15, -0.1) is 11.3 Å². The van der Waals surface area contributed by atoms with Gasteiger partial charge in [0.1, 0.15) is 17.6 Å². The van der Waals surface area contributed by atoms with Gasteiger partial charge >= 0.3 is 0 Å². The number of hydrogen-bond donors (Lipinski definition) is 3. The van der Waals surface area contributed by atoms with E-state index in [1.54, 1.807) is 29.5 Å². The predicted octanol–water partition coefficient (Wildman–Crippen LogP) is 5.20. The van der Waals surface area contributed by atoms with Crippen molar-refractivity contribution < 1.29 is 33.1 Å². The molecule has 2 fully saturated rings. The SMILES string of the molecule is COc1cc2nc(C3CCC(CN(C)CCCNc4cccc5c4C(=O)N(C4CCC(=O)NC4=O)C5=O)CC3)sc2cc1NC(=O)c1cncc(F)c1. The second kappa shape index (κ2) is 15.4. The summed E-state index contributed by atoms with van der Waals surface area (Å²) in [6, 6.07) is 8.90. The van der Waals surface area contributed by atoms with Crippen LogP contribution < -0.4 is 20.7 Å². The molecule has 4 aromatic rings. The molecule has 13 nitrogen and oxygen atoms in total. The highest BCUT2D eigenvalue weighted by Crippen LogP contribution is 2.41. The third-order valence-electron chi connectivity index (χ3n) is 10.2. The number of hydrogen-bond acceptors (Lipinski definition) is 11. The summed E-state index contributed by atoms with van der Waals surface area (Å²) < 4.78 is 20.1. The number of carbonyl (C=O) groups excluding carboxylic acids is 5. The van der Waals surface area contributed by atoms with Crippen LogP contribution in [0.4, 0.5) is 15.8 Å². The lowest BCUT2D eigenvalue weighted by atomic mass is 9.82. The molecular formula is C38H40FN7O6S. The van der Waals surface area contributed by atoms with E-state index < -0.39 is 41.4 Å². The van der Waals surface area contributed by atoms with Crippen molar-refractivity contribution in [2.75, 3.05) is 44.4 Å². The maximum Gasteiger partial charge on any atom is 0.264 e. The van der Waals surface area contributed by atoms with Gasteiger partial charge in [0.05, 0.1) is 50.9 Å². The first kappa shape index (κ1) is 36.1. The van der Waals surface area contributed by atoms with Gasteiger partial charge in [0.25, 0.3) is 17.7 Å². The smallest absolute Gasteiger partial charge is 0.264 e. The molecule has 1 atom stereocenters. The standard InChI is InChI=1S/C38H40FN7O6S/c1-45(14-4-13-41-26-6-3-5-25-33(26)38(51)46(37(25)50)29-11-12-32(47)44-35(29)49)20-21-7-9-22(10-8-21)36-43-28-16-30(52-2)27(17-31(28)53-36)42-34(48)23-15-24(39)19-40-18-23/h3,5-6,15-19,21-22,29,41H,4,7-14,20H2,1-2H3,(H,42,48)(H,44,47,49). The van der Waals surface area contributed by atoms with Crippen LogP contribution in [0.2, 0.25) is 0 Å². The Hall–Kier alpha value is -5.28. The normalized spacial score (nSPS) is 20.2. The zero-order chi connectivity index (χ0) is 37.2. The molecule has 2 aromatic carbocycles. The number of anilines is 2. The predicted molar refractivity (Wildman–Crippen MR) is 197 cm³/mol. The molecule has 2 aliphatic heterocycles. The number of thiazole rings is 1. The first-order valence-corrected chi connectivity index (χ1v) is 18.6. The number of nitrogens with one attached hydrogen (secondary N) is 3. The molecule has 1 saturated carbocycles. The summed E-state index contributed by atoms with van der Waals surface area (Å²) in [7, 11) is 3.65. The first-order valence-electron chi connectivity index (χ1n) is 17.8. The van der Waals surface area contributed by atoms with Gasteiger partial charge in [0.15, 0.2) is 0 Å². The fraction of sp³-hybridized carbons (Fsp3) is 0.395. The monoisotopic (exact) mass is 741 g/mol. The van der Waals surface area contributed by atoms with Gasteiger partial charge < -0.3 is 20.3 Å². The van der Waals surface area contributed by atoms with Crippen molar-refractivity contribution in [2.24, 2.45) is 5.92 Å². The van der Waals surface area contributed by atoms with Crippen LogP contribution in [-0.4, -0.2) is 89.1 Å². The van der Waals surface area contributed by atoms with E-state index in [2.05, 4.69) is 32.9 Å². The van der Waals surface area contributed by atoms with Crippen molar-refractivity contribution in [3.05, 3.63) is 76.3 Å². The summed E-state index contributed by atoms with van der Waals surface area (Å²) in [6.45, 7) is 2.43.